The van der Waals surface area contributed by atoms with Crippen LogP contribution in [0.2, 0.25) is 0 Å². The molecule has 2 unspecified atom stereocenters. The first-order chi connectivity index (χ1) is 14.9. The number of benzene rings is 2. The van der Waals surface area contributed by atoms with Crippen LogP contribution in [-0.2, 0) is 11.2 Å². The molecule has 0 bridgehead atoms. The van der Waals surface area contributed by atoms with Gasteiger partial charge >= 0.3 is 0 Å². The number of ether oxygens (including phenoxy) is 1. The highest BCUT2D eigenvalue weighted by atomic mass is 35.5. The lowest BCUT2D eigenvalue weighted by Crippen LogP contribution is -2.47. The van der Waals surface area contributed by atoms with Crippen molar-refractivity contribution in [2.75, 3.05) is 65.4 Å². The van der Waals surface area contributed by atoms with Gasteiger partial charge in [0.15, 0.2) is 5.78 Å². The van der Waals surface area contributed by atoms with E-state index >= 15 is 0 Å². The average molecular weight is 462 g/mol. The van der Waals surface area contributed by atoms with Gasteiger partial charge in [-0.25, -0.2) is 0 Å². The van der Waals surface area contributed by atoms with E-state index in [9.17, 15) is 9.90 Å². The van der Waals surface area contributed by atoms with Crippen molar-refractivity contribution >= 4 is 23.9 Å². The predicted octanol–water partition coefficient (Wildman–Crippen LogP) is 2.59. The summed E-state index contributed by atoms with van der Waals surface area (Å²) < 4.78 is 6.02. The molecule has 0 amide bonds. The van der Waals surface area contributed by atoms with E-state index in [-0.39, 0.29) is 24.8 Å². The van der Waals surface area contributed by atoms with Gasteiger partial charge in [-0.05, 0) is 24.7 Å². The molecule has 176 valence electrons. The average Bonchev–Trinajstić information content (AvgIpc) is 2.78. The van der Waals surface area contributed by atoms with Gasteiger partial charge in [0.2, 0.25) is 0 Å². The van der Waals surface area contributed by atoms with Crippen molar-refractivity contribution < 1.29 is 14.6 Å². The minimum Gasteiger partial charge on any atom is -0.389 e. The first kappa shape index (κ1) is 26.3. The van der Waals surface area contributed by atoms with E-state index in [4.69, 9.17) is 4.74 Å². The Hall–Kier alpha value is -1.96. The number of carbonyl (C=O) groups is 1. The normalized spacial score (nSPS) is 16.8. The number of ketones is 1. The SMILES string of the molecule is CN1CCN(CC(O)COC(Cc2ccc(N(C)C)cc2)C(=O)c2ccccc2)CC1.Cl. The summed E-state index contributed by atoms with van der Waals surface area (Å²) in [5.74, 6) is -0.0518. The lowest BCUT2D eigenvalue weighted by Gasteiger charge is -2.33. The molecular weight excluding hydrogens is 426 g/mol. The Kier molecular flexibility index (Phi) is 10.6. The summed E-state index contributed by atoms with van der Waals surface area (Å²) in [5, 5.41) is 10.5. The number of likely N-dealkylation sites (N-methyl/N-ethyl adjacent to an activating group) is 1. The van der Waals surface area contributed by atoms with E-state index in [1.165, 1.54) is 0 Å². The molecule has 1 fully saturated rings. The van der Waals surface area contributed by atoms with Crippen LogP contribution in [0.1, 0.15) is 15.9 Å². The van der Waals surface area contributed by atoms with Crippen molar-refractivity contribution in [3.05, 3.63) is 65.7 Å². The van der Waals surface area contributed by atoms with Crippen LogP contribution in [0.25, 0.3) is 0 Å². The fourth-order valence-corrected chi connectivity index (χ4v) is 3.77. The van der Waals surface area contributed by atoms with E-state index in [1.807, 2.05) is 73.6 Å². The number of aliphatic hydroxyl groups is 1. The fraction of sp³-hybridized carbons (Fsp3) is 0.480. The molecule has 2 aromatic carbocycles. The van der Waals surface area contributed by atoms with Crippen LogP contribution in [-0.4, -0.2) is 93.4 Å². The lowest BCUT2D eigenvalue weighted by molar-refractivity contribution is -0.0174. The number of β-amino-alcohol motifs (C(OH)–C–C–N with tert-alkyl or cyclic N) is 1. The third kappa shape index (κ3) is 7.87. The highest BCUT2D eigenvalue weighted by molar-refractivity contribution is 5.99. The summed E-state index contributed by atoms with van der Waals surface area (Å²) in [6.45, 7) is 4.61. The Balaban J connectivity index is 0.00000363. The van der Waals surface area contributed by atoms with Crippen molar-refractivity contribution in [1.82, 2.24) is 9.80 Å². The maximum absolute atomic E-state index is 13.1. The second-order valence-corrected chi connectivity index (χ2v) is 8.57. The molecule has 1 N–H and O–H groups in total. The molecule has 1 saturated heterocycles. The lowest BCUT2D eigenvalue weighted by atomic mass is 9.99. The molecule has 6 nitrogen and oxygen atoms in total. The Morgan fingerprint density at radius 1 is 1.03 bits per heavy atom. The van der Waals surface area contributed by atoms with E-state index < -0.39 is 12.2 Å². The molecule has 0 saturated carbocycles. The summed E-state index contributed by atoms with van der Waals surface area (Å²) in [4.78, 5) is 19.7. The fourth-order valence-electron chi connectivity index (χ4n) is 3.77. The smallest absolute Gasteiger partial charge is 0.191 e. The molecule has 2 atom stereocenters. The number of rotatable bonds is 10. The molecule has 3 rings (SSSR count). The van der Waals surface area contributed by atoms with Crippen LogP contribution in [0.3, 0.4) is 0 Å². The van der Waals surface area contributed by atoms with Crippen molar-refractivity contribution in [2.45, 2.75) is 18.6 Å². The van der Waals surface area contributed by atoms with E-state index in [0.717, 1.165) is 37.4 Å². The van der Waals surface area contributed by atoms with Crippen molar-refractivity contribution in [2.24, 2.45) is 0 Å². The molecule has 1 aliphatic rings. The number of piperazine rings is 1. The van der Waals surface area contributed by atoms with Crippen LogP contribution in [0.4, 0.5) is 5.69 Å². The molecule has 7 heteroatoms. The quantitative estimate of drug-likeness (QED) is 0.549. The molecular formula is C25H36ClN3O3. The van der Waals surface area contributed by atoms with Crippen molar-refractivity contribution in [1.29, 1.82) is 0 Å². The number of halogens is 1. The summed E-state index contributed by atoms with van der Waals surface area (Å²) in [5.41, 5.74) is 2.78. The molecule has 1 heterocycles. The minimum absolute atomic E-state index is 0. The maximum atomic E-state index is 13.1. The monoisotopic (exact) mass is 461 g/mol. The second kappa shape index (κ2) is 12.9. The van der Waals surface area contributed by atoms with Crippen molar-refractivity contribution in [3.63, 3.8) is 0 Å². The largest absolute Gasteiger partial charge is 0.389 e. The van der Waals surface area contributed by atoms with Gasteiger partial charge < -0.3 is 19.6 Å². The summed E-state index contributed by atoms with van der Waals surface area (Å²) in [6, 6.07) is 17.4. The molecule has 2 aromatic rings. The van der Waals surface area contributed by atoms with Crippen LogP contribution in [0.15, 0.2) is 54.6 Å². The maximum Gasteiger partial charge on any atom is 0.191 e. The van der Waals surface area contributed by atoms with Crippen LogP contribution >= 0.6 is 12.4 Å². The van der Waals surface area contributed by atoms with Crippen LogP contribution in [0, 0.1) is 0 Å². The number of hydrogen-bond donors (Lipinski definition) is 1. The number of aliphatic hydroxyl groups excluding tert-OH is 1. The number of Topliss-reactive ketones (excluding diaryl/α,β-unsaturated/α-hetero) is 1. The molecule has 0 radical (unpaired) electrons. The van der Waals surface area contributed by atoms with E-state index in [0.29, 0.717) is 18.5 Å². The molecule has 0 aromatic heterocycles. The number of carbonyl (C=O) groups excluding carboxylic acids is 1. The highest BCUT2D eigenvalue weighted by Crippen LogP contribution is 2.17. The zero-order valence-electron chi connectivity index (χ0n) is 19.3. The van der Waals surface area contributed by atoms with Crippen LogP contribution in [0.5, 0.6) is 0 Å². The zero-order valence-corrected chi connectivity index (χ0v) is 20.1. The Morgan fingerprint density at radius 3 is 2.25 bits per heavy atom. The minimum atomic E-state index is -0.630. The van der Waals surface area contributed by atoms with Gasteiger partial charge in [0.05, 0.1) is 12.7 Å². The second-order valence-electron chi connectivity index (χ2n) is 8.57. The third-order valence-electron chi connectivity index (χ3n) is 5.78. The van der Waals surface area contributed by atoms with Crippen molar-refractivity contribution in [3.8, 4) is 0 Å². The van der Waals surface area contributed by atoms with E-state index in [1.54, 1.807) is 0 Å². The molecule has 0 spiro atoms. The summed E-state index contributed by atoms with van der Waals surface area (Å²) >= 11 is 0. The standard InChI is InChI=1S/C25H35N3O3.ClH/c1-26(2)22-11-9-20(10-12-22)17-24(25(30)21-7-5-4-6-8-21)31-19-23(29)18-28-15-13-27(3)14-16-28;/h4-12,23-24,29H,13-19H2,1-3H3;1H. The van der Waals surface area contributed by atoms with Gasteiger partial charge in [0.25, 0.3) is 0 Å². The topological polar surface area (TPSA) is 56.2 Å². The first-order valence-electron chi connectivity index (χ1n) is 11.0. The summed E-state index contributed by atoms with van der Waals surface area (Å²) in [7, 11) is 6.12. The van der Waals surface area contributed by atoms with Gasteiger partial charge in [0.1, 0.15) is 6.10 Å². The zero-order chi connectivity index (χ0) is 22.2. The van der Waals surface area contributed by atoms with Gasteiger partial charge in [0, 0.05) is 64.5 Å². The number of hydrogen-bond acceptors (Lipinski definition) is 6. The predicted molar refractivity (Wildman–Crippen MR) is 132 cm³/mol. The summed E-state index contributed by atoms with van der Waals surface area (Å²) in [6.07, 6.45) is -0.775. The highest BCUT2D eigenvalue weighted by Gasteiger charge is 2.24. The van der Waals surface area contributed by atoms with Gasteiger partial charge in [-0.15, -0.1) is 12.4 Å². The Morgan fingerprint density at radius 2 is 1.66 bits per heavy atom. The Bertz CT molecular complexity index is 809. The first-order valence-corrected chi connectivity index (χ1v) is 11.0. The number of nitrogens with zero attached hydrogens (tertiary/aromatic N) is 3. The van der Waals surface area contributed by atoms with Gasteiger partial charge in [-0.3, -0.25) is 9.69 Å². The molecule has 1 aliphatic heterocycles. The van der Waals surface area contributed by atoms with E-state index in [2.05, 4.69) is 16.8 Å². The van der Waals surface area contributed by atoms with Crippen LogP contribution < -0.4 is 4.90 Å². The Labute approximate surface area is 198 Å². The third-order valence-corrected chi connectivity index (χ3v) is 5.78. The molecule has 0 aliphatic carbocycles. The van der Waals surface area contributed by atoms with Gasteiger partial charge in [-0.2, -0.15) is 0 Å². The van der Waals surface area contributed by atoms with Gasteiger partial charge in [-0.1, -0.05) is 42.5 Å². The number of anilines is 1. The molecule has 32 heavy (non-hydrogen) atoms.